The molecule has 2 bridgehead atoms. The maximum Gasteiger partial charge on any atom is 0.291 e. The number of pyridine rings is 1. The van der Waals surface area contributed by atoms with Gasteiger partial charge in [-0.3, -0.25) is 14.6 Å². The molecule has 2 aliphatic carbocycles. The first-order valence-electron chi connectivity index (χ1n) is 12.8. The number of nitrogen functional groups attached to an aromatic ring is 1. The molecule has 7 rings (SSSR count). The van der Waals surface area contributed by atoms with E-state index in [1.54, 1.807) is 12.4 Å². The molecule has 0 radical (unpaired) electrons. The molecule has 2 saturated heterocycles. The highest BCUT2D eigenvalue weighted by molar-refractivity contribution is 6.39. The lowest BCUT2D eigenvalue weighted by Crippen LogP contribution is -2.63. The molecule has 1 amide bonds. The van der Waals surface area contributed by atoms with Crippen LogP contribution >= 0.6 is 0 Å². The first-order valence-corrected chi connectivity index (χ1v) is 12.8. The van der Waals surface area contributed by atoms with E-state index < -0.39 is 0 Å². The average molecular weight is 515 g/mol. The maximum absolute atomic E-state index is 13.0. The summed E-state index contributed by atoms with van der Waals surface area (Å²) in [5.74, 6) is 0.784. The minimum atomic E-state index is -0.228. The van der Waals surface area contributed by atoms with Crippen molar-refractivity contribution in [2.24, 2.45) is 15.7 Å². The van der Waals surface area contributed by atoms with Gasteiger partial charge in [0.1, 0.15) is 11.6 Å². The molecule has 4 aliphatic rings. The van der Waals surface area contributed by atoms with Crippen LogP contribution in [0.2, 0.25) is 0 Å². The lowest BCUT2D eigenvalue weighted by atomic mass is 9.71. The maximum atomic E-state index is 13.0. The number of hydrogen-bond acceptors (Lipinski definition) is 8. The molecule has 5 heterocycles. The van der Waals surface area contributed by atoms with Crippen molar-refractivity contribution in [1.29, 1.82) is 0 Å². The lowest BCUT2D eigenvalue weighted by molar-refractivity contribution is -0.142. The number of nitrogens with zero attached hydrogens (tertiary/aromatic N) is 7. The Balaban J connectivity index is 1.33. The average Bonchev–Trinajstić information content (AvgIpc) is 3.62. The predicted molar refractivity (Wildman–Crippen MR) is 144 cm³/mol. The van der Waals surface area contributed by atoms with Gasteiger partial charge in [-0.15, -0.1) is 0 Å². The topological polar surface area (TPSA) is 169 Å². The number of fused-ring (bicyclic) bond motifs is 3. The highest BCUT2D eigenvalue weighted by Gasteiger charge is 2.50. The van der Waals surface area contributed by atoms with Crippen LogP contribution in [-0.4, -0.2) is 73.5 Å². The van der Waals surface area contributed by atoms with E-state index in [4.69, 9.17) is 16.5 Å². The van der Waals surface area contributed by atoms with Gasteiger partial charge in [-0.25, -0.2) is 15.0 Å². The third-order valence-corrected chi connectivity index (χ3v) is 7.73. The summed E-state index contributed by atoms with van der Waals surface area (Å²) in [5.41, 5.74) is 15.2. The third kappa shape index (κ3) is 3.96. The Kier molecular flexibility index (Phi) is 5.81. The number of nitrogens with two attached hydrogens (primary N) is 2. The Hall–Kier alpha value is -4.35. The number of ketones is 1. The van der Waals surface area contributed by atoms with Gasteiger partial charge in [0.25, 0.3) is 5.91 Å². The second-order valence-electron chi connectivity index (χ2n) is 10.2. The molecule has 4 fully saturated rings. The second kappa shape index (κ2) is 9.19. The number of amidine groups is 1. The molecule has 0 spiro atoms. The van der Waals surface area contributed by atoms with Gasteiger partial charge in [-0.2, -0.15) is 9.61 Å². The molecule has 196 valence electrons. The molecule has 2 aliphatic heterocycles. The number of aliphatic imine (C=N–C) groups is 2. The molecule has 2 saturated carbocycles. The Morgan fingerprint density at radius 2 is 1.92 bits per heavy atom. The molecule has 2 unspecified atom stereocenters. The monoisotopic (exact) mass is 514 g/mol. The van der Waals surface area contributed by atoms with Crippen LogP contribution in [0.15, 0.2) is 34.5 Å². The van der Waals surface area contributed by atoms with E-state index in [1.165, 1.54) is 31.3 Å². The summed E-state index contributed by atoms with van der Waals surface area (Å²) >= 11 is 0. The molecular formula is C26H30N10O2. The number of piperidine rings is 1. The van der Waals surface area contributed by atoms with Gasteiger partial charge in [0.2, 0.25) is 5.84 Å². The Bertz CT molecular complexity index is 1480. The number of nitrogens with one attached hydrogen (secondary N) is 1. The van der Waals surface area contributed by atoms with Gasteiger partial charge in [0, 0.05) is 48.4 Å². The van der Waals surface area contributed by atoms with E-state index in [1.807, 2.05) is 17.0 Å². The quantitative estimate of drug-likeness (QED) is 0.264. The normalized spacial score (nSPS) is 23.1. The number of hydrogen-bond donors (Lipinski definition) is 3. The molecule has 3 aromatic heterocycles. The zero-order valence-electron chi connectivity index (χ0n) is 21.3. The molecule has 3 aromatic rings. The summed E-state index contributed by atoms with van der Waals surface area (Å²) in [6.07, 6.45) is 9.16. The Labute approximate surface area is 219 Å². The number of amides is 1. The van der Waals surface area contributed by atoms with Gasteiger partial charge < -0.3 is 21.7 Å². The summed E-state index contributed by atoms with van der Waals surface area (Å²) < 4.78 is 1.53. The first-order chi connectivity index (χ1) is 18.4. The van der Waals surface area contributed by atoms with Crippen LogP contribution in [-0.2, 0) is 4.79 Å². The van der Waals surface area contributed by atoms with Crippen LogP contribution in [0.4, 0.5) is 11.6 Å². The van der Waals surface area contributed by atoms with Crippen LogP contribution in [0, 0.1) is 0 Å². The van der Waals surface area contributed by atoms with Crippen molar-refractivity contribution < 1.29 is 9.59 Å². The van der Waals surface area contributed by atoms with Crippen molar-refractivity contribution in [2.45, 2.75) is 63.1 Å². The van der Waals surface area contributed by atoms with Crippen LogP contribution < -0.4 is 16.8 Å². The summed E-state index contributed by atoms with van der Waals surface area (Å²) in [7, 11) is 1.52. The van der Waals surface area contributed by atoms with Crippen molar-refractivity contribution in [3.05, 3.63) is 35.8 Å². The minimum Gasteiger partial charge on any atom is -0.390 e. The van der Waals surface area contributed by atoms with Crippen molar-refractivity contribution >= 4 is 41.1 Å². The van der Waals surface area contributed by atoms with E-state index in [0.717, 1.165) is 29.7 Å². The molecular weight excluding hydrogens is 484 g/mol. The smallest absolute Gasteiger partial charge is 0.291 e. The highest BCUT2D eigenvalue weighted by Crippen LogP contribution is 2.47. The standard InChI is InChI=1S/C26H30N10O2/c1-13(37)21-22(15-7-17-9-18(8-15)35(17)26(38)24(29-2)31-12-27)34-25-19(11-32-36(25)23(21)28)14-3-6-20(30-10-14)33-16-4-5-16/h3,6,10-12,15-18H,4-5,7-9,28H2,1-2H3,(H,30,33)(H2,27,29,31)/t15?,17-,18?/m0/s1. The zero-order valence-corrected chi connectivity index (χ0v) is 21.3. The number of carbonyl (C=O) groups is 2. The van der Waals surface area contributed by atoms with Crippen LogP contribution in [0.3, 0.4) is 0 Å². The molecule has 12 heteroatoms. The fraction of sp³-hybridized carbons (Fsp3) is 0.423. The van der Waals surface area contributed by atoms with Gasteiger partial charge in [-0.05, 0) is 51.2 Å². The van der Waals surface area contributed by atoms with E-state index in [2.05, 4.69) is 25.4 Å². The number of Topliss-reactive ketones (excluding diaryl/α,β-unsaturated/α-hetero) is 1. The fourth-order valence-electron chi connectivity index (χ4n) is 5.79. The first kappa shape index (κ1) is 24.0. The van der Waals surface area contributed by atoms with Gasteiger partial charge in [0.15, 0.2) is 11.4 Å². The number of aromatic nitrogens is 4. The molecule has 12 nitrogen and oxygen atoms in total. The van der Waals surface area contributed by atoms with Gasteiger partial charge in [0.05, 0.1) is 23.8 Å². The Morgan fingerprint density at radius 3 is 2.53 bits per heavy atom. The number of rotatable bonds is 5. The van der Waals surface area contributed by atoms with Gasteiger partial charge in [-0.1, -0.05) is 0 Å². The molecule has 5 N–H and O–H groups in total. The zero-order chi connectivity index (χ0) is 26.6. The van der Waals surface area contributed by atoms with Crippen LogP contribution in [0.5, 0.6) is 0 Å². The number of carbonyl (C=O) groups excluding carboxylic acids is 2. The molecule has 3 atom stereocenters. The summed E-state index contributed by atoms with van der Waals surface area (Å²) in [6, 6.07) is 4.47. The van der Waals surface area contributed by atoms with Gasteiger partial charge >= 0.3 is 0 Å². The third-order valence-electron chi connectivity index (χ3n) is 7.73. The molecule has 0 aromatic carbocycles. The fourth-order valence-corrected chi connectivity index (χ4v) is 5.79. The number of anilines is 2. The largest absolute Gasteiger partial charge is 0.390 e. The summed E-state index contributed by atoms with van der Waals surface area (Å²) in [5, 5.41) is 7.84. The lowest BCUT2D eigenvalue weighted by Gasteiger charge is -2.55. The van der Waals surface area contributed by atoms with Crippen LogP contribution in [0.25, 0.3) is 16.8 Å². The van der Waals surface area contributed by atoms with E-state index in [-0.39, 0.29) is 41.3 Å². The van der Waals surface area contributed by atoms with Crippen LogP contribution in [0.1, 0.15) is 61.0 Å². The van der Waals surface area contributed by atoms with Crippen molar-refractivity contribution in [1.82, 2.24) is 24.5 Å². The minimum absolute atomic E-state index is 0.00938. The predicted octanol–water partition coefficient (Wildman–Crippen LogP) is 2.01. The second-order valence-corrected chi connectivity index (χ2v) is 10.2. The van der Waals surface area contributed by atoms with E-state index in [0.29, 0.717) is 35.8 Å². The SMILES string of the molecule is CN=C(N=CN)C(=O)N1C2CC(c3nc4c(-c5ccc(NC6CC6)nc5)cnn4c(N)c3C(C)=O)C[C@H]1C2. The van der Waals surface area contributed by atoms with E-state index >= 15 is 0 Å². The van der Waals surface area contributed by atoms with Crippen molar-refractivity contribution in [3.63, 3.8) is 0 Å². The van der Waals surface area contributed by atoms with Crippen molar-refractivity contribution in [3.8, 4) is 11.1 Å². The molecule has 38 heavy (non-hydrogen) atoms. The van der Waals surface area contributed by atoms with Crippen molar-refractivity contribution in [2.75, 3.05) is 18.1 Å². The highest BCUT2D eigenvalue weighted by atomic mass is 16.2. The summed E-state index contributed by atoms with van der Waals surface area (Å²) in [4.78, 5) is 45.0. The van der Waals surface area contributed by atoms with E-state index in [9.17, 15) is 9.59 Å². The Morgan fingerprint density at radius 1 is 1.16 bits per heavy atom. The summed E-state index contributed by atoms with van der Waals surface area (Å²) in [6.45, 7) is 1.50.